The Morgan fingerprint density at radius 1 is 0.269 bits per heavy atom. The van der Waals surface area contributed by atoms with E-state index in [0.29, 0.717) is 19.3 Å². The molecule has 0 aliphatic carbocycles. The molecule has 0 aromatic carbocycles. The maximum atomic E-state index is 12.8. The summed E-state index contributed by atoms with van der Waals surface area (Å²) in [5.41, 5.74) is 0. The van der Waals surface area contributed by atoms with Gasteiger partial charge >= 0.3 is 17.9 Å². The highest BCUT2D eigenvalue weighted by Gasteiger charge is 2.19. The molecule has 0 heterocycles. The molecule has 442 valence electrons. The van der Waals surface area contributed by atoms with E-state index in [4.69, 9.17) is 14.2 Å². The molecule has 0 saturated heterocycles. The van der Waals surface area contributed by atoms with Gasteiger partial charge in [0.25, 0.3) is 0 Å². The fourth-order valence-electron chi connectivity index (χ4n) is 8.59. The molecule has 0 aliphatic rings. The molecule has 0 spiro atoms. The number of esters is 3. The Morgan fingerprint density at radius 2 is 0.526 bits per heavy atom. The summed E-state index contributed by atoms with van der Waals surface area (Å²) < 4.78 is 16.9. The summed E-state index contributed by atoms with van der Waals surface area (Å²) in [6, 6.07) is 0. The molecule has 0 fully saturated rings. The number of unbranched alkanes of at least 4 members (excludes halogenated alkanes) is 24. The summed E-state index contributed by atoms with van der Waals surface area (Å²) in [6.07, 6.45) is 91.8. The lowest BCUT2D eigenvalue weighted by Crippen LogP contribution is -2.30. The molecule has 0 rings (SSSR count). The van der Waals surface area contributed by atoms with Crippen molar-refractivity contribution in [2.24, 2.45) is 0 Å². The summed E-state index contributed by atoms with van der Waals surface area (Å²) in [7, 11) is 0. The van der Waals surface area contributed by atoms with Gasteiger partial charge in [-0.2, -0.15) is 0 Å². The normalized spacial score (nSPS) is 13.0. The molecule has 0 bridgehead atoms. The monoisotopic (exact) mass is 1080 g/mol. The summed E-state index contributed by atoms with van der Waals surface area (Å²) in [4.78, 5) is 38.2. The molecule has 6 heteroatoms. The fourth-order valence-corrected chi connectivity index (χ4v) is 8.59. The molecule has 1 atom stereocenters. The van der Waals surface area contributed by atoms with Crippen LogP contribution in [0.15, 0.2) is 134 Å². The van der Waals surface area contributed by atoms with Crippen LogP contribution in [-0.2, 0) is 28.6 Å². The Hall–Kier alpha value is -4.45. The zero-order valence-corrected chi connectivity index (χ0v) is 50.6. The minimum absolute atomic E-state index is 0.0873. The van der Waals surface area contributed by atoms with Crippen molar-refractivity contribution >= 4 is 17.9 Å². The Morgan fingerprint density at radius 3 is 0.833 bits per heavy atom. The number of hydrogen-bond acceptors (Lipinski definition) is 6. The third-order valence-electron chi connectivity index (χ3n) is 13.4. The maximum absolute atomic E-state index is 12.8. The largest absolute Gasteiger partial charge is 0.462 e. The Bertz CT molecular complexity index is 1670. The van der Waals surface area contributed by atoms with Crippen LogP contribution in [0.3, 0.4) is 0 Å². The van der Waals surface area contributed by atoms with Crippen molar-refractivity contribution in [2.75, 3.05) is 13.2 Å². The molecule has 0 saturated carbocycles. The Labute approximate surface area is 481 Å². The predicted molar refractivity (Wildman–Crippen MR) is 339 cm³/mol. The fraction of sp³-hybridized carbons (Fsp3) is 0.653. The van der Waals surface area contributed by atoms with E-state index in [9.17, 15) is 14.4 Å². The maximum Gasteiger partial charge on any atom is 0.306 e. The highest BCUT2D eigenvalue weighted by molar-refractivity contribution is 5.71. The summed E-state index contributed by atoms with van der Waals surface area (Å²) in [5, 5.41) is 0. The van der Waals surface area contributed by atoms with Crippen LogP contribution in [0.1, 0.15) is 284 Å². The number of rotatable bonds is 57. The minimum atomic E-state index is -0.791. The molecule has 78 heavy (non-hydrogen) atoms. The molecule has 6 nitrogen and oxygen atoms in total. The second kappa shape index (κ2) is 65.1. The third kappa shape index (κ3) is 62.4. The van der Waals surface area contributed by atoms with Crippen LogP contribution in [0.5, 0.6) is 0 Å². The van der Waals surface area contributed by atoms with Crippen LogP contribution in [-0.4, -0.2) is 37.2 Å². The van der Waals surface area contributed by atoms with Crippen LogP contribution in [0.4, 0.5) is 0 Å². The number of carbonyl (C=O) groups is 3. The number of carbonyl (C=O) groups excluding carboxylic acids is 3. The molecule has 0 aromatic rings. The van der Waals surface area contributed by atoms with Crippen molar-refractivity contribution in [2.45, 2.75) is 290 Å². The minimum Gasteiger partial charge on any atom is -0.462 e. The summed E-state index contributed by atoms with van der Waals surface area (Å²) in [5.74, 6) is -0.912. The molecule has 0 N–H and O–H groups in total. The Balaban J connectivity index is 4.23. The molecule has 0 aliphatic heterocycles. The van der Waals surface area contributed by atoms with Crippen molar-refractivity contribution in [3.63, 3.8) is 0 Å². The van der Waals surface area contributed by atoms with Crippen molar-refractivity contribution in [3.05, 3.63) is 134 Å². The van der Waals surface area contributed by atoms with Crippen molar-refractivity contribution in [3.8, 4) is 0 Å². The van der Waals surface area contributed by atoms with E-state index in [1.54, 1.807) is 0 Å². The van der Waals surface area contributed by atoms with Gasteiger partial charge < -0.3 is 14.2 Å². The van der Waals surface area contributed by atoms with Crippen molar-refractivity contribution in [1.29, 1.82) is 0 Å². The first-order chi connectivity index (χ1) is 38.5. The zero-order chi connectivity index (χ0) is 56.4. The van der Waals surface area contributed by atoms with Gasteiger partial charge in [0.1, 0.15) is 13.2 Å². The standard InChI is InChI=1S/C72H118O6/c1-4-7-10-13-16-19-22-25-26-27-28-29-30-31-32-33-34-35-36-37-38-39-40-41-42-43-44-45-46-48-50-53-56-59-62-65-71(74)77-68-69(67-76-70(73)64-61-58-55-52-49-24-21-18-15-12-9-6-3)78-72(75)66-63-60-57-54-51-47-23-20-17-14-11-8-5-2/h7,10-11,14,16,19-20,23,25-26,28-29,31-32,34-35,37-38,40-41,43-44,69H,4-6,8-9,12-13,15,17-18,21-22,24,27,30,33,36,39,42,45-68H2,1-3H3/b10-7-,14-11-,19-16-,23-20-,26-25-,29-28-,32-31-,35-34-,38-37-,41-40-,44-43-. The molecule has 0 radical (unpaired) electrons. The van der Waals surface area contributed by atoms with E-state index in [2.05, 4.69) is 154 Å². The highest BCUT2D eigenvalue weighted by atomic mass is 16.6. The molecule has 0 amide bonds. The van der Waals surface area contributed by atoms with E-state index >= 15 is 0 Å². The van der Waals surface area contributed by atoms with E-state index in [0.717, 1.165) is 154 Å². The summed E-state index contributed by atoms with van der Waals surface area (Å²) in [6.45, 7) is 6.44. The van der Waals surface area contributed by atoms with Crippen LogP contribution >= 0.6 is 0 Å². The average molecular weight is 1080 g/mol. The predicted octanol–water partition coefficient (Wildman–Crippen LogP) is 22.2. The lowest BCUT2D eigenvalue weighted by molar-refractivity contribution is -0.167. The van der Waals surface area contributed by atoms with Gasteiger partial charge in [-0.3, -0.25) is 14.4 Å². The average Bonchev–Trinajstić information content (AvgIpc) is 3.44. The van der Waals surface area contributed by atoms with Gasteiger partial charge in [0.2, 0.25) is 0 Å². The first-order valence-corrected chi connectivity index (χ1v) is 32.2. The topological polar surface area (TPSA) is 78.9 Å². The SMILES string of the molecule is CC/C=C\C/C=C\C/C=C\C/C=C\C/C=C\C/C=C\C/C=C\C/C=C\C/C=C\CCCCCCCCCC(=O)OCC(COC(=O)CCCCCCCCCCCCCC)OC(=O)CCCCCCC/C=C\C/C=C\CCC. The first-order valence-electron chi connectivity index (χ1n) is 32.2. The molecule has 0 aromatic heterocycles. The quantitative estimate of drug-likeness (QED) is 0.0261. The van der Waals surface area contributed by atoms with Gasteiger partial charge in [0.05, 0.1) is 0 Å². The van der Waals surface area contributed by atoms with Crippen LogP contribution in [0.2, 0.25) is 0 Å². The van der Waals surface area contributed by atoms with Gasteiger partial charge in [-0.25, -0.2) is 0 Å². The number of ether oxygens (including phenoxy) is 3. The van der Waals surface area contributed by atoms with Gasteiger partial charge in [0, 0.05) is 19.3 Å². The molecular formula is C72H118O6. The lowest BCUT2D eigenvalue weighted by atomic mass is 10.0. The van der Waals surface area contributed by atoms with Gasteiger partial charge in [-0.15, -0.1) is 0 Å². The van der Waals surface area contributed by atoms with Gasteiger partial charge in [-0.1, -0.05) is 283 Å². The lowest BCUT2D eigenvalue weighted by Gasteiger charge is -2.18. The zero-order valence-electron chi connectivity index (χ0n) is 50.6. The number of hydrogen-bond donors (Lipinski definition) is 0. The van der Waals surface area contributed by atoms with Crippen LogP contribution < -0.4 is 0 Å². The second-order valence-corrected chi connectivity index (χ2v) is 20.9. The van der Waals surface area contributed by atoms with E-state index in [-0.39, 0.29) is 31.1 Å². The smallest absolute Gasteiger partial charge is 0.306 e. The molecule has 1 unspecified atom stereocenters. The first kappa shape index (κ1) is 73.5. The van der Waals surface area contributed by atoms with Gasteiger partial charge in [-0.05, 0) is 116 Å². The van der Waals surface area contributed by atoms with Crippen LogP contribution in [0.25, 0.3) is 0 Å². The van der Waals surface area contributed by atoms with Crippen molar-refractivity contribution < 1.29 is 28.6 Å². The van der Waals surface area contributed by atoms with E-state index in [1.165, 1.54) is 89.9 Å². The van der Waals surface area contributed by atoms with E-state index in [1.807, 2.05) is 0 Å². The Kier molecular flexibility index (Phi) is 61.4. The third-order valence-corrected chi connectivity index (χ3v) is 13.4. The van der Waals surface area contributed by atoms with Gasteiger partial charge in [0.15, 0.2) is 6.10 Å². The number of allylic oxidation sites excluding steroid dienone is 22. The second-order valence-electron chi connectivity index (χ2n) is 20.9. The van der Waals surface area contributed by atoms with E-state index < -0.39 is 6.10 Å². The summed E-state index contributed by atoms with van der Waals surface area (Å²) >= 11 is 0. The van der Waals surface area contributed by atoms with Crippen LogP contribution in [0, 0.1) is 0 Å². The highest BCUT2D eigenvalue weighted by Crippen LogP contribution is 2.15. The van der Waals surface area contributed by atoms with Crippen molar-refractivity contribution in [1.82, 2.24) is 0 Å². The molecular weight excluding hydrogens is 961 g/mol.